The van der Waals surface area contributed by atoms with Gasteiger partial charge in [0.15, 0.2) is 5.82 Å². The molecule has 7 heteroatoms. The van der Waals surface area contributed by atoms with Crippen molar-refractivity contribution in [1.82, 2.24) is 19.7 Å². The first kappa shape index (κ1) is 16.0. The van der Waals surface area contributed by atoms with E-state index in [1.54, 1.807) is 29.3 Å². The number of carbonyl (C=O) groups excluding carboxylic acids is 1. The predicted molar refractivity (Wildman–Crippen MR) is 102 cm³/mol. The Kier molecular flexibility index (Phi) is 3.67. The minimum absolute atomic E-state index is 0.0186. The van der Waals surface area contributed by atoms with Crippen molar-refractivity contribution < 1.29 is 4.79 Å². The average Bonchev–Trinajstić information content (AvgIpc) is 3.40. The minimum Gasteiger partial charge on any atom is -0.365 e. The fourth-order valence-corrected chi connectivity index (χ4v) is 3.77. The molecule has 1 aromatic carbocycles. The number of aromatic nitrogens is 4. The summed E-state index contributed by atoms with van der Waals surface area (Å²) in [6.07, 6.45) is 7.15. The summed E-state index contributed by atoms with van der Waals surface area (Å²) in [7, 11) is 0. The van der Waals surface area contributed by atoms with Gasteiger partial charge in [-0.1, -0.05) is 12.1 Å². The Balaban J connectivity index is 1.47. The quantitative estimate of drug-likeness (QED) is 0.718. The van der Waals surface area contributed by atoms with Crippen molar-refractivity contribution in [2.45, 2.75) is 25.8 Å². The van der Waals surface area contributed by atoms with E-state index in [-0.39, 0.29) is 5.91 Å². The summed E-state index contributed by atoms with van der Waals surface area (Å²) in [6, 6.07) is 10.4. The van der Waals surface area contributed by atoms with Crippen molar-refractivity contribution >= 4 is 17.3 Å². The smallest absolute Gasteiger partial charge is 0.259 e. The molecule has 0 spiro atoms. The van der Waals surface area contributed by atoms with Gasteiger partial charge < -0.3 is 9.80 Å². The molecule has 1 fully saturated rings. The third-order valence-corrected chi connectivity index (χ3v) is 5.24. The highest BCUT2D eigenvalue weighted by atomic mass is 16.2. The van der Waals surface area contributed by atoms with Crippen LogP contribution in [0.1, 0.15) is 28.8 Å². The van der Waals surface area contributed by atoms with Crippen LogP contribution in [0.15, 0.2) is 49.2 Å². The lowest BCUT2D eigenvalue weighted by Gasteiger charge is -2.39. The van der Waals surface area contributed by atoms with Gasteiger partial charge in [0.2, 0.25) is 0 Å². The van der Waals surface area contributed by atoms with Crippen LogP contribution >= 0.6 is 0 Å². The van der Waals surface area contributed by atoms with Crippen LogP contribution in [0, 0.1) is 6.92 Å². The first-order valence-corrected chi connectivity index (χ1v) is 9.21. The lowest BCUT2D eigenvalue weighted by atomic mass is 10.1. The van der Waals surface area contributed by atoms with Crippen LogP contribution in [-0.2, 0) is 0 Å². The molecule has 0 atom stereocenters. The molecule has 2 aliphatic rings. The first-order valence-electron chi connectivity index (χ1n) is 9.21. The van der Waals surface area contributed by atoms with Crippen LogP contribution in [0.25, 0.3) is 5.82 Å². The zero-order valence-electron chi connectivity index (χ0n) is 15.1. The molecule has 1 aliphatic carbocycles. The number of hydrogen-bond acceptors (Lipinski definition) is 5. The second-order valence-electron chi connectivity index (χ2n) is 7.07. The van der Waals surface area contributed by atoms with Crippen molar-refractivity contribution in [1.29, 1.82) is 0 Å². The van der Waals surface area contributed by atoms with Crippen molar-refractivity contribution in [3.63, 3.8) is 0 Å². The molecule has 5 rings (SSSR count). The Morgan fingerprint density at radius 2 is 2.04 bits per heavy atom. The fourth-order valence-electron chi connectivity index (χ4n) is 3.77. The van der Waals surface area contributed by atoms with Gasteiger partial charge in [0.05, 0.1) is 16.9 Å². The number of hydrogen-bond donors (Lipinski definition) is 0. The van der Waals surface area contributed by atoms with E-state index in [0.29, 0.717) is 24.0 Å². The number of pyridine rings is 1. The van der Waals surface area contributed by atoms with Gasteiger partial charge in [-0.3, -0.25) is 4.79 Å². The third kappa shape index (κ3) is 2.75. The van der Waals surface area contributed by atoms with Gasteiger partial charge in [0, 0.05) is 25.3 Å². The largest absolute Gasteiger partial charge is 0.365 e. The van der Waals surface area contributed by atoms with Crippen molar-refractivity contribution in [2.24, 2.45) is 0 Å². The summed E-state index contributed by atoms with van der Waals surface area (Å²) in [5, 5.41) is 4.06. The van der Waals surface area contributed by atoms with E-state index in [4.69, 9.17) is 0 Å². The van der Waals surface area contributed by atoms with Gasteiger partial charge >= 0.3 is 0 Å². The van der Waals surface area contributed by atoms with E-state index in [0.717, 1.165) is 12.2 Å². The molecule has 0 N–H and O–H groups in total. The molecule has 1 amide bonds. The zero-order valence-corrected chi connectivity index (χ0v) is 15.1. The normalized spacial score (nSPS) is 16.3. The van der Waals surface area contributed by atoms with Crippen LogP contribution in [-0.4, -0.2) is 44.8 Å². The lowest BCUT2D eigenvalue weighted by Crippen LogP contribution is -2.45. The fraction of sp³-hybridized carbons (Fsp3) is 0.300. The number of amides is 1. The molecular formula is C20H20N6O. The summed E-state index contributed by atoms with van der Waals surface area (Å²) in [6.45, 7) is 3.69. The number of aryl methyl sites for hydroxylation is 1. The standard InChI is InChI=1S/C20H20N6O/c1-14-3-2-4-17-19(14)24(16-6-7-16)9-10-25(17)20(27)15-5-8-18(22-11-15)26-13-21-12-23-26/h2-5,8,11-13,16H,6-7,9-10H2,1H3. The van der Waals surface area contributed by atoms with E-state index in [9.17, 15) is 4.79 Å². The second kappa shape index (κ2) is 6.19. The summed E-state index contributed by atoms with van der Waals surface area (Å²) < 4.78 is 1.57. The van der Waals surface area contributed by atoms with E-state index >= 15 is 0 Å². The van der Waals surface area contributed by atoms with E-state index in [1.165, 1.54) is 30.4 Å². The summed E-state index contributed by atoms with van der Waals surface area (Å²) in [5.74, 6) is 0.619. The van der Waals surface area contributed by atoms with Gasteiger partial charge in [-0.2, -0.15) is 5.10 Å². The summed E-state index contributed by atoms with van der Waals surface area (Å²) >= 11 is 0. The Labute approximate surface area is 157 Å². The molecule has 0 saturated heterocycles. The van der Waals surface area contributed by atoms with E-state index in [1.807, 2.05) is 17.0 Å². The molecule has 0 unspecified atom stereocenters. The predicted octanol–water partition coefficient (Wildman–Crippen LogP) is 2.60. The van der Waals surface area contributed by atoms with Gasteiger partial charge in [-0.25, -0.2) is 14.6 Å². The molecule has 27 heavy (non-hydrogen) atoms. The maximum absolute atomic E-state index is 13.2. The lowest BCUT2D eigenvalue weighted by molar-refractivity contribution is 0.0986. The van der Waals surface area contributed by atoms with Gasteiger partial charge in [-0.05, 0) is 43.5 Å². The molecule has 2 aromatic heterocycles. The van der Waals surface area contributed by atoms with E-state index < -0.39 is 0 Å². The van der Waals surface area contributed by atoms with Gasteiger partial charge in [-0.15, -0.1) is 0 Å². The number of carbonyl (C=O) groups is 1. The van der Waals surface area contributed by atoms with Crippen LogP contribution in [0.5, 0.6) is 0 Å². The molecule has 3 heterocycles. The molecule has 0 bridgehead atoms. The molecule has 0 radical (unpaired) electrons. The maximum Gasteiger partial charge on any atom is 0.259 e. The van der Waals surface area contributed by atoms with Gasteiger partial charge in [0.1, 0.15) is 12.7 Å². The number of rotatable bonds is 3. The highest BCUT2D eigenvalue weighted by Gasteiger charge is 2.36. The van der Waals surface area contributed by atoms with Crippen molar-refractivity contribution in [3.8, 4) is 5.82 Å². The Morgan fingerprint density at radius 1 is 1.15 bits per heavy atom. The van der Waals surface area contributed by atoms with E-state index in [2.05, 4.69) is 33.0 Å². The second-order valence-corrected chi connectivity index (χ2v) is 7.07. The number of fused-ring (bicyclic) bond motifs is 1. The van der Waals surface area contributed by atoms with Crippen molar-refractivity contribution in [3.05, 3.63) is 60.3 Å². The number of nitrogens with zero attached hydrogens (tertiary/aromatic N) is 6. The number of para-hydroxylation sites is 1. The molecule has 1 aliphatic heterocycles. The van der Waals surface area contributed by atoms with Crippen LogP contribution in [0.4, 0.5) is 11.4 Å². The summed E-state index contributed by atoms with van der Waals surface area (Å²) in [5.41, 5.74) is 3.99. The topological polar surface area (TPSA) is 67.2 Å². The van der Waals surface area contributed by atoms with Crippen LogP contribution < -0.4 is 9.80 Å². The maximum atomic E-state index is 13.2. The highest BCUT2D eigenvalue weighted by Crippen LogP contribution is 2.42. The molecule has 1 saturated carbocycles. The Bertz CT molecular complexity index is 978. The Morgan fingerprint density at radius 3 is 2.74 bits per heavy atom. The SMILES string of the molecule is Cc1cccc2c1N(C1CC1)CCN2C(=O)c1ccc(-n2cncn2)nc1. The molecular weight excluding hydrogens is 340 g/mol. The van der Waals surface area contributed by atoms with Crippen LogP contribution in [0.2, 0.25) is 0 Å². The monoisotopic (exact) mass is 360 g/mol. The minimum atomic E-state index is -0.0186. The molecule has 3 aromatic rings. The third-order valence-electron chi connectivity index (χ3n) is 5.24. The Hall–Kier alpha value is -3.22. The van der Waals surface area contributed by atoms with Crippen LogP contribution in [0.3, 0.4) is 0 Å². The molecule has 7 nitrogen and oxygen atoms in total. The molecule has 136 valence electrons. The number of benzene rings is 1. The van der Waals surface area contributed by atoms with Gasteiger partial charge in [0.25, 0.3) is 5.91 Å². The van der Waals surface area contributed by atoms with Crippen molar-refractivity contribution in [2.75, 3.05) is 22.9 Å². The number of anilines is 2. The average molecular weight is 360 g/mol. The highest BCUT2D eigenvalue weighted by molar-refractivity contribution is 6.08. The zero-order chi connectivity index (χ0) is 18.4. The summed E-state index contributed by atoms with van der Waals surface area (Å²) in [4.78, 5) is 25.8. The first-order chi connectivity index (χ1) is 13.2.